The Bertz CT molecular complexity index is 1720. The summed E-state index contributed by atoms with van der Waals surface area (Å²) in [6.45, 7) is 0.683. The number of hydrogen-bond acceptors (Lipinski definition) is 7. The molecule has 0 fully saturated rings. The first-order valence-corrected chi connectivity index (χ1v) is 14.9. The number of methoxy groups -OCH3 is 1. The van der Waals surface area contributed by atoms with Gasteiger partial charge >= 0.3 is 0 Å². The lowest BCUT2D eigenvalue weighted by Gasteiger charge is -2.30. The number of aliphatic imine (C=N–C) groups is 1. The Morgan fingerprint density at radius 2 is 1.74 bits per heavy atom. The summed E-state index contributed by atoms with van der Waals surface area (Å²) < 4.78 is 17.5. The monoisotopic (exact) mass is 617 g/mol. The number of ether oxygens (including phenoxy) is 3. The van der Waals surface area contributed by atoms with Gasteiger partial charge in [-0.3, -0.25) is 4.79 Å². The number of hydrogen-bond donors (Lipinski definition) is 2. The van der Waals surface area contributed by atoms with E-state index in [-0.39, 0.29) is 31.4 Å². The maximum atomic E-state index is 14.4. The molecular formula is C36H35N5O5. The van der Waals surface area contributed by atoms with Crippen LogP contribution in [0.3, 0.4) is 0 Å². The molecule has 10 heteroatoms. The van der Waals surface area contributed by atoms with Crippen molar-refractivity contribution in [3.63, 3.8) is 0 Å². The van der Waals surface area contributed by atoms with E-state index >= 15 is 0 Å². The van der Waals surface area contributed by atoms with Crippen molar-refractivity contribution in [2.45, 2.75) is 31.0 Å². The van der Waals surface area contributed by atoms with Crippen molar-refractivity contribution in [3.05, 3.63) is 142 Å². The van der Waals surface area contributed by atoms with Crippen LogP contribution in [0, 0.1) is 0 Å². The number of carbonyl (C=O) groups excluding carboxylic acids is 1. The second-order valence-corrected chi connectivity index (χ2v) is 10.6. The summed E-state index contributed by atoms with van der Waals surface area (Å²) >= 11 is 0. The lowest BCUT2D eigenvalue weighted by atomic mass is 9.83. The summed E-state index contributed by atoms with van der Waals surface area (Å²) in [7, 11) is 1.60. The highest BCUT2D eigenvalue weighted by molar-refractivity contribution is 6.01. The van der Waals surface area contributed by atoms with Crippen LogP contribution in [0.5, 0.6) is 11.5 Å². The second-order valence-electron chi connectivity index (χ2n) is 10.6. The molecular weight excluding hydrogens is 582 g/mol. The maximum Gasteiger partial charge on any atom is 0.252 e. The maximum absolute atomic E-state index is 14.4. The molecule has 0 aromatic heterocycles. The molecule has 0 saturated carbocycles. The van der Waals surface area contributed by atoms with Crippen molar-refractivity contribution < 1.29 is 24.1 Å². The van der Waals surface area contributed by atoms with E-state index in [0.717, 1.165) is 16.9 Å². The van der Waals surface area contributed by atoms with Crippen LogP contribution >= 0.6 is 0 Å². The Hall–Kier alpha value is -5.57. The normalized spacial score (nSPS) is 17.1. The Morgan fingerprint density at radius 3 is 2.46 bits per heavy atom. The van der Waals surface area contributed by atoms with Crippen LogP contribution in [0.15, 0.2) is 119 Å². The van der Waals surface area contributed by atoms with Gasteiger partial charge in [0.2, 0.25) is 5.90 Å². The number of azide groups is 1. The average Bonchev–Trinajstić information content (AvgIpc) is 3.49. The highest BCUT2D eigenvalue weighted by Crippen LogP contribution is 2.45. The average molecular weight is 618 g/mol. The number of benzene rings is 4. The molecule has 10 nitrogen and oxygen atoms in total. The van der Waals surface area contributed by atoms with Gasteiger partial charge in [0.05, 0.1) is 13.7 Å². The number of amides is 1. The molecule has 0 bridgehead atoms. The third-order valence-electron chi connectivity index (χ3n) is 7.55. The Balaban J connectivity index is 1.56. The van der Waals surface area contributed by atoms with Gasteiger partial charge in [-0.2, -0.15) is 0 Å². The molecule has 0 aliphatic carbocycles. The molecule has 0 unspecified atom stereocenters. The second kappa shape index (κ2) is 15.4. The van der Waals surface area contributed by atoms with E-state index in [1.54, 1.807) is 37.4 Å². The minimum absolute atomic E-state index is 0.0444. The minimum atomic E-state index is -1.45. The molecule has 2 atom stereocenters. The van der Waals surface area contributed by atoms with Gasteiger partial charge in [-0.1, -0.05) is 84.0 Å². The lowest BCUT2D eigenvalue weighted by Crippen LogP contribution is -2.47. The molecule has 0 spiro atoms. The van der Waals surface area contributed by atoms with Gasteiger partial charge in [-0.15, -0.1) is 0 Å². The quantitative estimate of drug-likeness (QED) is 0.0674. The van der Waals surface area contributed by atoms with Gasteiger partial charge in [0.1, 0.15) is 11.5 Å². The number of aliphatic hydroxyl groups excluding tert-OH is 1. The van der Waals surface area contributed by atoms with Crippen LogP contribution in [0.2, 0.25) is 0 Å². The van der Waals surface area contributed by atoms with Crippen molar-refractivity contribution in [1.82, 2.24) is 5.32 Å². The lowest BCUT2D eigenvalue weighted by molar-refractivity contribution is -0.129. The largest absolute Gasteiger partial charge is 0.497 e. The van der Waals surface area contributed by atoms with E-state index in [9.17, 15) is 10.3 Å². The van der Waals surface area contributed by atoms with Gasteiger partial charge in [-0.25, -0.2) is 4.99 Å². The van der Waals surface area contributed by atoms with Crippen molar-refractivity contribution in [3.8, 4) is 11.5 Å². The number of nitrogens with one attached hydrogen (secondary N) is 1. The molecule has 234 valence electrons. The Labute approximate surface area is 267 Å². The highest BCUT2D eigenvalue weighted by atomic mass is 16.5. The van der Waals surface area contributed by atoms with Crippen LogP contribution < -0.4 is 14.8 Å². The van der Waals surface area contributed by atoms with Crippen LogP contribution in [-0.4, -0.2) is 42.8 Å². The zero-order chi connectivity index (χ0) is 32.2. The molecule has 0 saturated heterocycles. The summed E-state index contributed by atoms with van der Waals surface area (Å²) in [6, 6.07) is 31.5. The zero-order valence-corrected chi connectivity index (χ0v) is 25.5. The van der Waals surface area contributed by atoms with Crippen molar-refractivity contribution >= 4 is 23.6 Å². The molecule has 4 aromatic carbocycles. The SMILES string of the molecule is COc1ccc(CNC(=O)[C@]2(C/C=C/c3ccccc3)N=C(c3ccc(OCCCO)cc3)O[C@@H]2c2ccccc2N=[N+]=[N-])cc1. The van der Waals surface area contributed by atoms with Crippen molar-refractivity contribution in [1.29, 1.82) is 0 Å². The van der Waals surface area contributed by atoms with Gasteiger partial charge in [-0.05, 0) is 53.1 Å². The van der Waals surface area contributed by atoms with E-state index in [1.807, 2.05) is 84.9 Å². The minimum Gasteiger partial charge on any atom is -0.497 e. The molecule has 1 aliphatic rings. The van der Waals surface area contributed by atoms with Crippen LogP contribution in [0.4, 0.5) is 5.69 Å². The van der Waals surface area contributed by atoms with E-state index in [2.05, 4.69) is 15.3 Å². The standard InChI is InChI=1S/C36H35N5O5/c1-44-29-18-14-27(15-19-29)25-38-35(43)36(22-7-11-26-9-3-2-4-10-26)33(31-12-5-6-13-32(31)40-41-37)46-34(39-36)28-16-20-30(21-17-28)45-24-8-23-42/h2-7,9-21,33,42H,8,22-25H2,1H3,(H,38,43)/b11-7+/t33-,36-/m1/s1. The molecule has 46 heavy (non-hydrogen) atoms. The number of aliphatic hydroxyl groups is 1. The summed E-state index contributed by atoms with van der Waals surface area (Å²) in [5.41, 5.74) is 11.3. The van der Waals surface area contributed by atoms with Crippen molar-refractivity contribution in [2.75, 3.05) is 20.3 Å². The topological polar surface area (TPSA) is 138 Å². The van der Waals surface area contributed by atoms with Gasteiger partial charge in [0.15, 0.2) is 11.6 Å². The predicted molar refractivity (Wildman–Crippen MR) is 177 cm³/mol. The summed E-state index contributed by atoms with van der Waals surface area (Å²) in [5, 5.41) is 16.1. The number of carbonyl (C=O) groups is 1. The molecule has 1 aliphatic heterocycles. The summed E-state index contributed by atoms with van der Waals surface area (Å²) in [5.74, 6) is 1.28. The fraction of sp³-hybridized carbons (Fsp3) is 0.222. The highest BCUT2D eigenvalue weighted by Gasteiger charge is 2.53. The summed E-state index contributed by atoms with van der Waals surface area (Å²) in [4.78, 5) is 22.5. The molecule has 4 aromatic rings. The van der Waals surface area contributed by atoms with Crippen LogP contribution in [-0.2, 0) is 16.1 Å². The number of nitrogens with zero attached hydrogens (tertiary/aromatic N) is 4. The fourth-order valence-electron chi connectivity index (χ4n) is 5.16. The molecule has 1 heterocycles. The zero-order valence-electron chi connectivity index (χ0n) is 25.5. The Kier molecular flexibility index (Phi) is 10.7. The molecule has 0 radical (unpaired) electrons. The third kappa shape index (κ3) is 7.55. The Morgan fingerprint density at radius 1 is 1.02 bits per heavy atom. The van der Waals surface area contributed by atoms with Crippen molar-refractivity contribution in [2.24, 2.45) is 10.1 Å². The first-order valence-electron chi connectivity index (χ1n) is 14.9. The van der Waals surface area contributed by atoms with E-state index in [0.29, 0.717) is 35.6 Å². The molecule has 1 amide bonds. The fourth-order valence-corrected chi connectivity index (χ4v) is 5.16. The van der Waals surface area contributed by atoms with E-state index in [1.165, 1.54) is 0 Å². The first-order chi connectivity index (χ1) is 22.6. The number of rotatable bonds is 14. The van der Waals surface area contributed by atoms with E-state index in [4.69, 9.17) is 24.3 Å². The molecule has 5 rings (SSSR count). The smallest absolute Gasteiger partial charge is 0.252 e. The van der Waals surface area contributed by atoms with Gasteiger partial charge < -0.3 is 24.6 Å². The van der Waals surface area contributed by atoms with Gasteiger partial charge in [0, 0.05) is 47.7 Å². The first kappa shape index (κ1) is 31.8. The molecule has 2 N–H and O–H groups in total. The summed E-state index contributed by atoms with van der Waals surface area (Å²) in [6.07, 6.45) is 3.66. The van der Waals surface area contributed by atoms with Crippen LogP contribution in [0.25, 0.3) is 16.5 Å². The van der Waals surface area contributed by atoms with Gasteiger partial charge in [0.25, 0.3) is 5.91 Å². The van der Waals surface area contributed by atoms with E-state index < -0.39 is 11.6 Å². The third-order valence-corrected chi connectivity index (χ3v) is 7.55. The van der Waals surface area contributed by atoms with Crippen LogP contribution in [0.1, 0.15) is 41.2 Å². The predicted octanol–water partition coefficient (Wildman–Crippen LogP) is 7.08.